The minimum atomic E-state index is -1.25. The summed E-state index contributed by atoms with van der Waals surface area (Å²) in [4.78, 5) is 38.3. The normalized spacial score (nSPS) is 17.9. The van der Waals surface area contributed by atoms with Gasteiger partial charge in [-0.15, -0.1) is 0 Å². The number of carboxylic acids is 1. The fraction of sp³-hybridized carbons (Fsp3) is 0.360. The van der Waals surface area contributed by atoms with Gasteiger partial charge in [0.2, 0.25) is 5.91 Å². The third-order valence-electron chi connectivity index (χ3n) is 6.23. The first-order valence-electron chi connectivity index (χ1n) is 11.0. The standard InChI is InChI=1S/C25H25N3O5/c26-13-16-6-5-11-28(14-16)24(31)22(12-23(29)30)27-25(32)33-15-21-19-9-3-1-7-17(19)18-8-2-4-10-20(18)21/h1-4,7-10,16,21-22H,5-6,11-12,14-15H2,(H,27,32)(H,29,30). The van der Waals surface area contributed by atoms with Gasteiger partial charge in [0.05, 0.1) is 18.4 Å². The van der Waals surface area contributed by atoms with Gasteiger partial charge >= 0.3 is 12.1 Å². The molecule has 1 aliphatic carbocycles. The molecule has 8 heteroatoms. The molecule has 1 heterocycles. The number of alkyl carbamates (subject to hydrolysis) is 1. The number of hydrogen-bond donors (Lipinski definition) is 2. The second-order valence-corrected chi connectivity index (χ2v) is 8.37. The summed E-state index contributed by atoms with van der Waals surface area (Å²) >= 11 is 0. The number of rotatable bonds is 6. The van der Waals surface area contributed by atoms with Crippen LogP contribution < -0.4 is 5.32 Å². The van der Waals surface area contributed by atoms with Gasteiger partial charge < -0.3 is 20.1 Å². The lowest BCUT2D eigenvalue weighted by atomic mass is 9.98. The van der Waals surface area contributed by atoms with Crippen LogP contribution in [-0.2, 0) is 14.3 Å². The predicted molar refractivity (Wildman–Crippen MR) is 119 cm³/mol. The van der Waals surface area contributed by atoms with E-state index >= 15 is 0 Å². The van der Waals surface area contributed by atoms with E-state index in [-0.39, 0.29) is 25.0 Å². The number of hydrogen-bond acceptors (Lipinski definition) is 5. The molecule has 4 rings (SSSR count). The second kappa shape index (κ2) is 9.74. The third kappa shape index (κ3) is 4.82. The number of benzene rings is 2. The first-order chi connectivity index (χ1) is 16.0. The van der Waals surface area contributed by atoms with Crippen molar-refractivity contribution in [3.05, 3.63) is 59.7 Å². The molecule has 1 fully saturated rings. The summed E-state index contributed by atoms with van der Waals surface area (Å²) in [5.41, 5.74) is 4.30. The van der Waals surface area contributed by atoms with E-state index in [1.54, 1.807) is 0 Å². The van der Waals surface area contributed by atoms with Gasteiger partial charge in [-0.3, -0.25) is 9.59 Å². The maximum Gasteiger partial charge on any atom is 0.407 e. The molecule has 0 spiro atoms. The molecule has 2 aromatic rings. The van der Waals surface area contributed by atoms with E-state index in [2.05, 4.69) is 11.4 Å². The van der Waals surface area contributed by atoms with Gasteiger partial charge in [-0.05, 0) is 35.1 Å². The predicted octanol–water partition coefficient (Wildman–Crippen LogP) is 3.13. The first-order valence-corrected chi connectivity index (χ1v) is 11.0. The Bertz CT molecular complexity index is 1060. The van der Waals surface area contributed by atoms with Gasteiger partial charge in [0, 0.05) is 19.0 Å². The van der Waals surface area contributed by atoms with Crippen LogP contribution in [0.4, 0.5) is 4.79 Å². The topological polar surface area (TPSA) is 120 Å². The molecule has 0 bridgehead atoms. The second-order valence-electron chi connectivity index (χ2n) is 8.37. The number of nitrogens with one attached hydrogen (secondary N) is 1. The molecule has 170 valence electrons. The number of nitrogens with zero attached hydrogens (tertiary/aromatic N) is 2. The van der Waals surface area contributed by atoms with Crippen LogP contribution in [0.15, 0.2) is 48.5 Å². The largest absolute Gasteiger partial charge is 0.481 e. The zero-order valence-corrected chi connectivity index (χ0v) is 18.1. The van der Waals surface area contributed by atoms with Crippen molar-refractivity contribution < 1.29 is 24.2 Å². The van der Waals surface area contributed by atoms with Gasteiger partial charge in [0.25, 0.3) is 0 Å². The van der Waals surface area contributed by atoms with Crippen LogP contribution in [0.3, 0.4) is 0 Å². The molecule has 2 aliphatic rings. The summed E-state index contributed by atoms with van der Waals surface area (Å²) in [6.07, 6.45) is -0.0416. The Kier molecular flexibility index (Phi) is 6.59. The molecule has 2 atom stereocenters. The van der Waals surface area contributed by atoms with Crippen LogP contribution >= 0.6 is 0 Å². The van der Waals surface area contributed by atoms with E-state index in [0.717, 1.165) is 22.3 Å². The highest BCUT2D eigenvalue weighted by Crippen LogP contribution is 2.44. The molecule has 1 saturated heterocycles. The Morgan fingerprint density at radius 2 is 1.76 bits per heavy atom. The van der Waals surface area contributed by atoms with Crippen molar-refractivity contribution in [3.8, 4) is 17.2 Å². The van der Waals surface area contributed by atoms with Crippen molar-refractivity contribution in [1.82, 2.24) is 10.2 Å². The smallest absolute Gasteiger partial charge is 0.407 e. The van der Waals surface area contributed by atoms with E-state index in [4.69, 9.17) is 10.00 Å². The van der Waals surface area contributed by atoms with Gasteiger partial charge in [0.15, 0.2) is 0 Å². The molecule has 8 nitrogen and oxygen atoms in total. The van der Waals surface area contributed by atoms with Crippen LogP contribution in [0.5, 0.6) is 0 Å². The Labute approximate surface area is 191 Å². The summed E-state index contributed by atoms with van der Waals surface area (Å²) in [7, 11) is 0. The first kappa shape index (κ1) is 22.3. The maximum absolute atomic E-state index is 12.9. The highest BCUT2D eigenvalue weighted by Gasteiger charge is 2.33. The fourth-order valence-electron chi connectivity index (χ4n) is 4.66. The molecule has 2 aromatic carbocycles. The van der Waals surface area contributed by atoms with E-state index in [1.807, 2.05) is 48.5 Å². The van der Waals surface area contributed by atoms with E-state index < -0.39 is 30.4 Å². The molecule has 1 aliphatic heterocycles. The monoisotopic (exact) mass is 447 g/mol. The minimum Gasteiger partial charge on any atom is -0.481 e. The Morgan fingerprint density at radius 3 is 2.36 bits per heavy atom. The number of carbonyl (C=O) groups excluding carboxylic acids is 2. The van der Waals surface area contributed by atoms with Crippen LogP contribution in [0, 0.1) is 17.2 Å². The lowest BCUT2D eigenvalue weighted by molar-refractivity contribution is -0.143. The minimum absolute atomic E-state index is 0.0636. The highest BCUT2D eigenvalue weighted by atomic mass is 16.5. The van der Waals surface area contributed by atoms with Gasteiger partial charge in [-0.2, -0.15) is 5.26 Å². The molecule has 0 saturated carbocycles. The highest BCUT2D eigenvalue weighted by molar-refractivity contribution is 5.89. The van der Waals surface area contributed by atoms with Crippen molar-refractivity contribution in [2.24, 2.45) is 5.92 Å². The number of aliphatic carboxylic acids is 1. The van der Waals surface area contributed by atoms with Gasteiger partial charge in [0.1, 0.15) is 12.6 Å². The summed E-state index contributed by atoms with van der Waals surface area (Å²) in [5.74, 6) is -2.15. The van der Waals surface area contributed by atoms with Crippen LogP contribution in [0.2, 0.25) is 0 Å². The average Bonchev–Trinajstić information content (AvgIpc) is 3.15. The number of piperidine rings is 1. The molecule has 2 N–H and O–H groups in total. The quantitative estimate of drug-likeness (QED) is 0.702. The van der Waals surface area contributed by atoms with Gasteiger partial charge in [-0.25, -0.2) is 4.79 Å². The summed E-state index contributed by atoms with van der Waals surface area (Å²) in [6, 6.07) is 16.8. The number of nitriles is 1. The van der Waals surface area contributed by atoms with Crippen molar-refractivity contribution in [2.45, 2.75) is 31.2 Å². The summed E-state index contributed by atoms with van der Waals surface area (Å²) in [6.45, 7) is 0.728. The van der Waals surface area contributed by atoms with Crippen molar-refractivity contribution >= 4 is 18.0 Å². The number of ether oxygens (including phenoxy) is 1. The summed E-state index contributed by atoms with van der Waals surface area (Å²) < 4.78 is 5.47. The molecular formula is C25H25N3O5. The third-order valence-corrected chi connectivity index (χ3v) is 6.23. The maximum atomic E-state index is 12.9. The summed E-state index contributed by atoms with van der Waals surface area (Å²) in [5, 5.41) is 20.8. The van der Waals surface area contributed by atoms with Crippen LogP contribution in [-0.4, -0.2) is 53.7 Å². The SMILES string of the molecule is N#CC1CCCN(C(=O)C(CC(=O)O)NC(=O)OCC2c3ccccc3-c3ccccc32)C1. The number of likely N-dealkylation sites (tertiary alicyclic amines) is 1. The number of carboxylic acid groups (broad SMARTS) is 1. The molecule has 33 heavy (non-hydrogen) atoms. The average molecular weight is 447 g/mol. The zero-order valence-electron chi connectivity index (χ0n) is 18.1. The van der Waals surface area contributed by atoms with Crippen molar-refractivity contribution in [3.63, 3.8) is 0 Å². The number of carbonyl (C=O) groups is 3. The lowest BCUT2D eigenvalue weighted by Crippen LogP contribution is -2.52. The van der Waals surface area contributed by atoms with Gasteiger partial charge in [-0.1, -0.05) is 48.5 Å². The van der Waals surface area contributed by atoms with Crippen LogP contribution in [0.1, 0.15) is 36.3 Å². The zero-order chi connectivity index (χ0) is 23.4. The Hall–Kier alpha value is -3.86. The molecule has 2 amide bonds. The van der Waals surface area contributed by atoms with Crippen molar-refractivity contribution in [2.75, 3.05) is 19.7 Å². The molecular weight excluding hydrogens is 422 g/mol. The van der Waals surface area contributed by atoms with E-state index in [0.29, 0.717) is 19.4 Å². The fourth-order valence-corrected chi connectivity index (χ4v) is 4.66. The van der Waals surface area contributed by atoms with E-state index in [1.165, 1.54) is 4.90 Å². The number of fused-ring (bicyclic) bond motifs is 3. The van der Waals surface area contributed by atoms with E-state index in [9.17, 15) is 19.5 Å². The lowest BCUT2D eigenvalue weighted by Gasteiger charge is -2.32. The Morgan fingerprint density at radius 1 is 1.12 bits per heavy atom. The van der Waals surface area contributed by atoms with Crippen molar-refractivity contribution in [1.29, 1.82) is 5.26 Å². The Balaban J connectivity index is 1.43. The number of amides is 2. The molecule has 0 aromatic heterocycles. The molecule has 2 unspecified atom stereocenters. The van der Waals surface area contributed by atoms with Crippen LogP contribution in [0.25, 0.3) is 11.1 Å². The molecule has 0 radical (unpaired) electrons.